The number of hydrogen-bond donors (Lipinski definition) is 2. The lowest BCUT2D eigenvalue weighted by atomic mass is 9.82. The summed E-state index contributed by atoms with van der Waals surface area (Å²) in [6.45, 7) is 1.81. The zero-order valence-electron chi connectivity index (χ0n) is 12.9. The first-order valence-electron chi connectivity index (χ1n) is 8.09. The van der Waals surface area contributed by atoms with Gasteiger partial charge in [-0.25, -0.2) is 0 Å². The summed E-state index contributed by atoms with van der Waals surface area (Å²) in [5.74, 6) is 0.302. The second-order valence-corrected chi connectivity index (χ2v) is 6.92. The molecule has 1 unspecified atom stereocenters. The molecule has 22 heavy (non-hydrogen) atoms. The average Bonchev–Trinajstić information content (AvgIpc) is 3.40. The predicted octanol–water partition coefficient (Wildman–Crippen LogP) is 2.58. The number of rotatable bonds is 7. The molecule has 1 amide bonds. The van der Waals surface area contributed by atoms with Crippen molar-refractivity contribution in [3.05, 3.63) is 35.9 Å². The van der Waals surface area contributed by atoms with Crippen molar-refractivity contribution in [3.8, 4) is 0 Å². The van der Waals surface area contributed by atoms with Crippen LogP contribution in [0.5, 0.6) is 0 Å². The Morgan fingerprint density at radius 3 is 2.18 bits per heavy atom. The number of amides is 1. The van der Waals surface area contributed by atoms with Crippen molar-refractivity contribution in [2.45, 2.75) is 38.0 Å². The minimum atomic E-state index is -1.09. The summed E-state index contributed by atoms with van der Waals surface area (Å²) >= 11 is 0. The lowest BCUT2D eigenvalue weighted by Gasteiger charge is -2.27. The number of nitrogens with one attached hydrogen (secondary N) is 1. The van der Waals surface area contributed by atoms with Gasteiger partial charge in [0.1, 0.15) is 5.41 Å². The maximum Gasteiger partial charge on any atom is 0.315 e. The minimum Gasteiger partial charge on any atom is -0.481 e. The molecule has 2 saturated carbocycles. The number of carbonyl (C=O) groups is 2. The van der Waals surface area contributed by atoms with Gasteiger partial charge >= 0.3 is 5.97 Å². The van der Waals surface area contributed by atoms with Gasteiger partial charge in [-0.3, -0.25) is 9.59 Å². The molecule has 0 radical (unpaired) electrons. The highest BCUT2D eigenvalue weighted by Gasteiger charge is 2.46. The molecule has 3 rings (SSSR count). The smallest absolute Gasteiger partial charge is 0.315 e. The summed E-state index contributed by atoms with van der Waals surface area (Å²) in [5.41, 5.74) is -0.369. The quantitative estimate of drug-likeness (QED) is 0.813. The molecule has 0 heterocycles. The first-order chi connectivity index (χ1) is 10.5. The van der Waals surface area contributed by atoms with Crippen molar-refractivity contribution in [1.29, 1.82) is 0 Å². The third-order valence-electron chi connectivity index (χ3n) is 5.06. The van der Waals surface area contributed by atoms with E-state index in [4.69, 9.17) is 0 Å². The van der Waals surface area contributed by atoms with Crippen LogP contribution in [0.2, 0.25) is 0 Å². The summed E-state index contributed by atoms with van der Waals surface area (Å²) in [7, 11) is 0. The summed E-state index contributed by atoms with van der Waals surface area (Å²) in [4.78, 5) is 24.2. The molecule has 0 spiro atoms. The van der Waals surface area contributed by atoms with Gasteiger partial charge in [0.05, 0.1) is 0 Å². The average molecular weight is 301 g/mol. The summed E-state index contributed by atoms with van der Waals surface area (Å²) in [5, 5.41) is 12.6. The first kappa shape index (κ1) is 15.1. The molecule has 1 atom stereocenters. The predicted molar refractivity (Wildman–Crippen MR) is 83.4 cm³/mol. The van der Waals surface area contributed by atoms with Crippen LogP contribution in [-0.2, 0) is 15.0 Å². The molecular weight excluding hydrogens is 278 g/mol. The van der Waals surface area contributed by atoms with Crippen molar-refractivity contribution < 1.29 is 14.7 Å². The second kappa shape index (κ2) is 5.75. The molecule has 1 aromatic carbocycles. The van der Waals surface area contributed by atoms with Crippen molar-refractivity contribution in [2.24, 2.45) is 17.8 Å². The van der Waals surface area contributed by atoms with E-state index in [2.05, 4.69) is 5.32 Å². The maximum atomic E-state index is 12.5. The van der Waals surface area contributed by atoms with E-state index in [-0.39, 0.29) is 18.4 Å². The lowest BCUT2D eigenvalue weighted by Crippen LogP contribution is -2.46. The monoisotopic (exact) mass is 301 g/mol. The Kier molecular flexibility index (Phi) is 3.94. The van der Waals surface area contributed by atoms with Crippen LogP contribution in [0.15, 0.2) is 30.3 Å². The Balaban J connectivity index is 1.69. The standard InChI is InChI=1S/C18H23NO3/c1-18(17(21)22,14-5-3-2-4-6-14)11-19-16(20)15(12-7-8-12)13-9-10-13/h2-6,12-13,15H,7-11H2,1H3,(H,19,20)(H,21,22). The van der Waals surface area contributed by atoms with E-state index in [1.807, 2.05) is 18.2 Å². The number of benzene rings is 1. The summed E-state index contributed by atoms with van der Waals surface area (Å²) in [6.07, 6.45) is 4.57. The Bertz CT molecular complexity index is 551. The van der Waals surface area contributed by atoms with E-state index in [0.29, 0.717) is 11.8 Å². The number of carboxylic acids is 1. The molecule has 4 heteroatoms. The third kappa shape index (κ3) is 3.01. The fourth-order valence-electron chi connectivity index (χ4n) is 3.21. The van der Waals surface area contributed by atoms with Gasteiger partial charge in [-0.05, 0) is 50.0 Å². The molecule has 2 N–H and O–H groups in total. The first-order valence-corrected chi connectivity index (χ1v) is 8.09. The highest BCUT2D eigenvalue weighted by molar-refractivity contribution is 5.84. The van der Waals surface area contributed by atoms with E-state index >= 15 is 0 Å². The number of carboxylic acid groups (broad SMARTS) is 1. The topological polar surface area (TPSA) is 66.4 Å². The maximum absolute atomic E-state index is 12.5. The van der Waals surface area contributed by atoms with Crippen LogP contribution in [0.25, 0.3) is 0 Å². The van der Waals surface area contributed by atoms with Crippen LogP contribution >= 0.6 is 0 Å². The lowest BCUT2D eigenvalue weighted by molar-refractivity contribution is -0.143. The van der Waals surface area contributed by atoms with E-state index in [1.165, 1.54) is 0 Å². The van der Waals surface area contributed by atoms with Gasteiger partial charge in [-0.2, -0.15) is 0 Å². The fraction of sp³-hybridized carbons (Fsp3) is 0.556. The third-order valence-corrected chi connectivity index (χ3v) is 5.06. The molecule has 0 aliphatic heterocycles. The van der Waals surface area contributed by atoms with Crippen molar-refractivity contribution in [3.63, 3.8) is 0 Å². The van der Waals surface area contributed by atoms with Crippen LogP contribution in [0.4, 0.5) is 0 Å². The molecule has 2 fully saturated rings. The van der Waals surface area contributed by atoms with Crippen LogP contribution in [0.3, 0.4) is 0 Å². The van der Waals surface area contributed by atoms with Gasteiger partial charge in [0, 0.05) is 12.5 Å². The zero-order valence-corrected chi connectivity index (χ0v) is 12.9. The van der Waals surface area contributed by atoms with E-state index in [0.717, 1.165) is 31.2 Å². The number of aliphatic carboxylic acids is 1. The molecule has 2 aliphatic rings. The molecule has 0 saturated heterocycles. The number of carbonyl (C=O) groups excluding carboxylic acids is 1. The van der Waals surface area contributed by atoms with Crippen LogP contribution in [0.1, 0.15) is 38.2 Å². The molecule has 118 valence electrons. The zero-order chi connectivity index (χ0) is 15.7. The Hall–Kier alpha value is -1.84. The summed E-state index contributed by atoms with van der Waals surface area (Å²) in [6, 6.07) is 9.13. The molecular formula is C18H23NO3. The van der Waals surface area contributed by atoms with Gasteiger partial charge in [-0.15, -0.1) is 0 Å². The van der Waals surface area contributed by atoms with Gasteiger partial charge in [0.25, 0.3) is 0 Å². The van der Waals surface area contributed by atoms with Crippen molar-refractivity contribution >= 4 is 11.9 Å². The molecule has 1 aromatic rings. The highest BCUT2D eigenvalue weighted by atomic mass is 16.4. The van der Waals surface area contributed by atoms with Crippen molar-refractivity contribution in [2.75, 3.05) is 6.54 Å². The molecule has 0 bridgehead atoms. The van der Waals surface area contributed by atoms with E-state index in [1.54, 1.807) is 19.1 Å². The minimum absolute atomic E-state index is 0.0495. The SMILES string of the molecule is CC(CNC(=O)C(C1CC1)C1CC1)(C(=O)O)c1ccccc1. The highest BCUT2D eigenvalue weighted by Crippen LogP contribution is 2.49. The number of hydrogen-bond acceptors (Lipinski definition) is 2. The van der Waals surface area contributed by atoms with Gasteiger partial charge < -0.3 is 10.4 Å². The molecule has 2 aliphatic carbocycles. The fourth-order valence-corrected chi connectivity index (χ4v) is 3.21. The second-order valence-electron chi connectivity index (χ2n) is 6.92. The van der Waals surface area contributed by atoms with Crippen molar-refractivity contribution in [1.82, 2.24) is 5.32 Å². The van der Waals surface area contributed by atoms with Gasteiger partial charge in [-0.1, -0.05) is 30.3 Å². The molecule has 0 aromatic heterocycles. The van der Waals surface area contributed by atoms with E-state index < -0.39 is 11.4 Å². The largest absolute Gasteiger partial charge is 0.481 e. The normalized spacial score (nSPS) is 20.5. The summed E-state index contributed by atoms with van der Waals surface area (Å²) < 4.78 is 0. The van der Waals surface area contributed by atoms with Gasteiger partial charge in [0.2, 0.25) is 5.91 Å². The van der Waals surface area contributed by atoms with Crippen LogP contribution < -0.4 is 5.32 Å². The van der Waals surface area contributed by atoms with Gasteiger partial charge in [0.15, 0.2) is 0 Å². The Morgan fingerprint density at radius 1 is 1.18 bits per heavy atom. The Morgan fingerprint density at radius 2 is 1.73 bits per heavy atom. The van der Waals surface area contributed by atoms with Crippen LogP contribution in [0, 0.1) is 17.8 Å². The van der Waals surface area contributed by atoms with Crippen LogP contribution in [-0.4, -0.2) is 23.5 Å². The Labute approximate surface area is 130 Å². The molecule has 4 nitrogen and oxygen atoms in total. The van der Waals surface area contributed by atoms with E-state index in [9.17, 15) is 14.7 Å².